The van der Waals surface area contributed by atoms with Gasteiger partial charge in [0, 0.05) is 36.1 Å². The van der Waals surface area contributed by atoms with E-state index in [9.17, 15) is 4.79 Å². The second kappa shape index (κ2) is 7.75. The van der Waals surface area contributed by atoms with Gasteiger partial charge in [0.05, 0.1) is 5.56 Å². The minimum absolute atomic E-state index is 0.00806. The van der Waals surface area contributed by atoms with Gasteiger partial charge in [0.2, 0.25) is 0 Å². The number of anilines is 1. The Bertz CT molecular complexity index is 442. The van der Waals surface area contributed by atoms with Crippen LogP contribution in [0.4, 0.5) is 5.82 Å². The van der Waals surface area contributed by atoms with Crippen LogP contribution in [0.1, 0.15) is 24.2 Å². The molecule has 106 valence electrons. The van der Waals surface area contributed by atoms with Crippen LogP contribution in [0.3, 0.4) is 0 Å². The molecule has 1 unspecified atom stereocenters. The minimum atomic E-state index is -0.00806. The number of nitrogens with one attached hydrogen (secondary N) is 1. The average Bonchev–Trinajstić information content (AvgIpc) is 2.39. The van der Waals surface area contributed by atoms with Crippen LogP contribution < -0.4 is 5.32 Å². The second-order valence-corrected chi connectivity index (χ2v) is 6.13. The number of rotatable bonds is 6. The largest absolute Gasteiger partial charge is 0.370 e. The summed E-state index contributed by atoms with van der Waals surface area (Å²) < 4.78 is 0.809. The number of hydrogen-bond donors (Lipinski definition) is 1. The molecule has 0 radical (unpaired) electrons. The normalized spacial score (nSPS) is 12.1. The number of hydrogen-bond acceptors (Lipinski definition) is 4. The third-order valence-electron chi connectivity index (χ3n) is 2.82. The van der Waals surface area contributed by atoms with E-state index in [-0.39, 0.29) is 11.9 Å². The van der Waals surface area contributed by atoms with E-state index in [1.807, 2.05) is 33.2 Å². The lowest BCUT2D eigenvalue weighted by Crippen LogP contribution is -2.37. The first-order valence-electron chi connectivity index (χ1n) is 6.16. The van der Waals surface area contributed by atoms with Crippen LogP contribution >= 0.6 is 27.7 Å². The fraction of sp³-hybridized carbons (Fsp3) is 0.538. The van der Waals surface area contributed by atoms with E-state index >= 15 is 0 Å². The van der Waals surface area contributed by atoms with E-state index in [2.05, 4.69) is 26.2 Å². The van der Waals surface area contributed by atoms with Crippen molar-refractivity contribution in [2.45, 2.75) is 19.9 Å². The zero-order chi connectivity index (χ0) is 14.4. The highest BCUT2D eigenvalue weighted by Gasteiger charge is 2.20. The molecule has 0 aliphatic heterocycles. The quantitative estimate of drug-likeness (QED) is 0.860. The molecule has 1 aromatic heterocycles. The van der Waals surface area contributed by atoms with Crippen LogP contribution in [-0.2, 0) is 0 Å². The van der Waals surface area contributed by atoms with E-state index in [0.717, 1.165) is 16.8 Å². The van der Waals surface area contributed by atoms with Crippen molar-refractivity contribution in [2.24, 2.45) is 0 Å². The molecule has 1 aromatic rings. The summed E-state index contributed by atoms with van der Waals surface area (Å²) in [6, 6.07) is 2.01. The fourth-order valence-electron chi connectivity index (χ4n) is 1.65. The monoisotopic (exact) mass is 345 g/mol. The Hall–Kier alpha value is -0.750. The van der Waals surface area contributed by atoms with Crippen LogP contribution in [0, 0.1) is 0 Å². The molecule has 0 aliphatic carbocycles. The Labute approximate surface area is 127 Å². The number of amides is 1. The second-order valence-electron chi connectivity index (χ2n) is 4.30. The lowest BCUT2D eigenvalue weighted by Gasteiger charge is -2.25. The van der Waals surface area contributed by atoms with Gasteiger partial charge in [0.25, 0.3) is 5.91 Å². The van der Waals surface area contributed by atoms with Crippen molar-refractivity contribution in [3.05, 3.63) is 22.3 Å². The SMILES string of the molecule is CCNc1ncc(Br)cc1C(=O)N(C)C(C)CSC. The number of nitrogens with zero attached hydrogens (tertiary/aromatic N) is 2. The summed E-state index contributed by atoms with van der Waals surface area (Å²) in [6.45, 7) is 4.77. The molecule has 1 heterocycles. The van der Waals surface area contributed by atoms with Crippen LogP contribution in [0.2, 0.25) is 0 Å². The first kappa shape index (κ1) is 16.3. The number of aromatic nitrogens is 1. The predicted molar refractivity (Wildman–Crippen MR) is 86.0 cm³/mol. The Kier molecular flexibility index (Phi) is 6.65. The lowest BCUT2D eigenvalue weighted by molar-refractivity contribution is 0.0758. The topological polar surface area (TPSA) is 45.2 Å². The first-order valence-corrected chi connectivity index (χ1v) is 8.35. The third-order valence-corrected chi connectivity index (χ3v) is 4.07. The molecule has 0 bridgehead atoms. The van der Waals surface area contributed by atoms with Crippen molar-refractivity contribution < 1.29 is 4.79 Å². The third kappa shape index (κ3) is 4.38. The molecule has 0 spiro atoms. The summed E-state index contributed by atoms with van der Waals surface area (Å²) in [4.78, 5) is 18.6. The maximum absolute atomic E-state index is 12.5. The zero-order valence-electron chi connectivity index (χ0n) is 11.7. The van der Waals surface area contributed by atoms with E-state index in [1.54, 1.807) is 22.9 Å². The Morgan fingerprint density at radius 3 is 2.89 bits per heavy atom. The molecule has 1 N–H and O–H groups in total. The fourth-order valence-corrected chi connectivity index (χ4v) is 2.69. The van der Waals surface area contributed by atoms with Crippen molar-refractivity contribution in [3.63, 3.8) is 0 Å². The molecule has 0 aliphatic rings. The Morgan fingerprint density at radius 1 is 1.63 bits per heavy atom. The molecular weight excluding hydrogens is 326 g/mol. The van der Waals surface area contributed by atoms with Gasteiger partial charge in [0.1, 0.15) is 5.82 Å². The van der Waals surface area contributed by atoms with Crippen LogP contribution in [0.25, 0.3) is 0 Å². The summed E-state index contributed by atoms with van der Waals surface area (Å²) in [5.41, 5.74) is 0.603. The van der Waals surface area contributed by atoms with Crippen LogP contribution in [0.15, 0.2) is 16.7 Å². The van der Waals surface area contributed by atoms with Crippen molar-refractivity contribution in [1.82, 2.24) is 9.88 Å². The van der Waals surface area contributed by atoms with Gasteiger partial charge in [-0.05, 0) is 42.1 Å². The van der Waals surface area contributed by atoms with Gasteiger partial charge >= 0.3 is 0 Å². The summed E-state index contributed by atoms with van der Waals surface area (Å²) in [7, 11) is 1.83. The van der Waals surface area contributed by atoms with E-state index in [0.29, 0.717) is 11.4 Å². The molecule has 1 rings (SSSR count). The summed E-state index contributed by atoms with van der Waals surface area (Å²) in [6.07, 6.45) is 3.74. The molecule has 19 heavy (non-hydrogen) atoms. The molecule has 0 saturated heterocycles. The summed E-state index contributed by atoms with van der Waals surface area (Å²) >= 11 is 5.10. The Balaban J connectivity index is 3.00. The van der Waals surface area contributed by atoms with Gasteiger partial charge in [-0.15, -0.1) is 0 Å². The standard InChI is InChI=1S/C13H20BrN3OS/c1-5-15-12-11(6-10(14)7-16-12)13(18)17(3)9(2)8-19-4/h6-7,9H,5,8H2,1-4H3,(H,15,16). The van der Waals surface area contributed by atoms with Crippen molar-refractivity contribution in [2.75, 3.05) is 30.9 Å². The van der Waals surface area contributed by atoms with Crippen molar-refractivity contribution >= 4 is 39.4 Å². The van der Waals surface area contributed by atoms with Gasteiger partial charge in [0.15, 0.2) is 0 Å². The number of carbonyl (C=O) groups is 1. The van der Waals surface area contributed by atoms with Gasteiger partial charge < -0.3 is 10.2 Å². The van der Waals surface area contributed by atoms with E-state index < -0.39 is 0 Å². The molecule has 1 atom stereocenters. The Morgan fingerprint density at radius 2 is 2.32 bits per heavy atom. The highest BCUT2D eigenvalue weighted by Crippen LogP contribution is 2.20. The minimum Gasteiger partial charge on any atom is -0.370 e. The lowest BCUT2D eigenvalue weighted by atomic mass is 10.2. The van der Waals surface area contributed by atoms with Gasteiger partial charge in [-0.1, -0.05) is 0 Å². The molecule has 0 fully saturated rings. The van der Waals surface area contributed by atoms with Gasteiger partial charge in [-0.2, -0.15) is 11.8 Å². The summed E-state index contributed by atoms with van der Waals surface area (Å²) in [5.74, 6) is 1.55. The smallest absolute Gasteiger partial charge is 0.257 e. The number of carbonyl (C=O) groups excluding carboxylic acids is 1. The maximum atomic E-state index is 12.5. The number of pyridine rings is 1. The first-order chi connectivity index (χ1) is 9.01. The zero-order valence-corrected chi connectivity index (χ0v) is 14.1. The maximum Gasteiger partial charge on any atom is 0.257 e. The van der Waals surface area contributed by atoms with E-state index in [4.69, 9.17) is 0 Å². The van der Waals surface area contributed by atoms with Crippen LogP contribution in [0.5, 0.6) is 0 Å². The average molecular weight is 346 g/mol. The van der Waals surface area contributed by atoms with Gasteiger partial charge in [-0.3, -0.25) is 4.79 Å². The molecular formula is C13H20BrN3OS. The number of thioether (sulfide) groups is 1. The summed E-state index contributed by atoms with van der Waals surface area (Å²) in [5, 5.41) is 3.13. The molecule has 0 saturated carbocycles. The highest BCUT2D eigenvalue weighted by atomic mass is 79.9. The molecule has 0 aromatic carbocycles. The molecule has 6 heteroatoms. The van der Waals surface area contributed by atoms with E-state index in [1.165, 1.54) is 0 Å². The van der Waals surface area contributed by atoms with Gasteiger partial charge in [-0.25, -0.2) is 4.98 Å². The van der Waals surface area contributed by atoms with Crippen molar-refractivity contribution in [3.8, 4) is 0 Å². The number of halogens is 1. The van der Waals surface area contributed by atoms with Crippen LogP contribution in [-0.4, -0.2) is 47.4 Å². The van der Waals surface area contributed by atoms with Crippen molar-refractivity contribution in [1.29, 1.82) is 0 Å². The molecule has 1 amide bonds. The molecule has 4 nitrogen and oxygen atoms in total. The highest BCUT2D eigenvalue weighted by molar-refractivity contribution is 9.10. The predicted octanol–water partition coefficient (Wildman–Crippen LogP) is 3.10.